The lowest BCUT2D eigenvalue weighted by Crippen LogP contribution is -2.09. The third-order valence-electron chi connectivity index (χ3n) is 12.9. The van der Waals surface area contributed by atoms with Crippen molar-refractivity contribution in [2.75, 3.05) is 4.90 Å². The summed E-state index contributed by atoms with van der Waals surface area (Å²) in [5.41, 5.74) is 12.3. The van der Waals surface area contributed by atoms with Crippen LogP contribution in [0.25, 0.3) is 108 Å². The van der Waals surface area contributed by atoms with E-state index in [1.807, 2.05) is 11.3 Å². The summed E-state index contributed by atoms with van der Waals surface area (Å²) in [7, 11) is 0. The molecule has 11 aromatic carbocycles. The summed E-state index contributed by atoms with van der Waals surface area (Å²) in [6.07, 6.45) is 0. The van der Waals surface area contributed by atoms with Gasteiger partial charge in [0.25, 0.3) is 0 Å². The van der Waals surface area contributed by atoms with Crippen LogP contribution >= 0.6 is 11.3 Å². The van der Waals surface area contributed by atoms with Crippen LogP contribution in [-0.2, 0) is 0 Å². The van der Waals surface area contributed by atoms with Crippen molar-refractivity contribution in [2.24, 2.45) is 0 Å². The molecule has 294 valence electrons. The van der Waals surface area contributed by atoms with Gasteiger partial charge in [0.15, 0.2) is 0 Å². The van der Waals surface area contributed by atoms with Crippen molar-refractivity contribution < 1.29 is 4.42 Å². The van der Waals surface area contributed by atoms with Gasteiger partial charge in [-0.15, -0.1) is 11.3 Å². The molecule has 13 rings (SSSR count). The van der Waals surface area contributed by atoms with Crippen LogP contribution in [0.1, 0.15) is 0 Å². The van der Waals surface area contributed by atoms with Crippen molar-refractivity contribution in [1.29, 1.82) is 0 Å². The van der Waals surface area contributed by atoms with Crippen LogP contribution in [0.4, 0.5) is 17.1 Å². The van der Waals surface area contributed by atoms with Gasteiger partial charge in [-0.25, -0.2) is 0 Å². The van der Waals surface area contributed by atoms with Crippen molar-refractivity contribution in [3.05, 3.63) is 224 Å². The number of nitrogens with zero attached hydrogens (tertiary/aromatic N) is 1. The van der Waals surface area contributed by atoms with E-state index in [-0.39, 0.29) is 0 Å². The molecule has 2 nitrogen and oxygen atoms in total. The number of hydrogen-bond donors (Lipinski definition) is 0. The molecule has 63 heavy (non-hydrogen) atoms. The van der Waals surface area contributed by atoms with Crippen molar-refractivity contribution in [3.63, 3.8) is 0 Å². The quantitative estimate of drug-likeness (QED) is 0.155. The van der Waals surface area contributed by atoms with Crippen LogP contribution in [0.3, 0.4) is 0 Å². The summed E-state index contributed by atoms with van der Waals surface area (Å²) in [4.78, 5) is 2.37. The maximum atomic E-state index is 6.89. The highest BCUT2D eigenvalue weighted by atomic mass is 32.1. The maximum absolute atomic E-state index is 6.89. The van der Waals surface area contributed by atoms with E-state index >= 15 is 0 Å². The van der Waals surface area contributed by atoms with E-state index < -0.39 is 0 Å². The molecule has 0 saturated carbocycles. The Kier molecular flexibility index (Phi) is 8.12. The Bertz CT molecular complexity index is 3890. The molecule has 0 radical (unpaired) electrons. The minimum atomic E-state index is 0.933. The SMILES string of the molecule is c1ccc(-c2ccc(N(c3ccc(-c4cccc5ccccc45)cc3)c3ccc4c(ccc5cc(-c6cccc7c6oc6c7ccc7sc8ccccc8c76)ccc54)c3)cc2)cc1. The molecule has 0 N–H and O–H groups in total. The zero-order chi connectivity index (χ0) is 41.4. The van der Waals surface area contributed by atoms with E-state index in [2.05, 4.69) is 229 Å². The van der Waals surface area contributed by atoms with Gasteiger partial charge in [0.1, 0.15) is 11.2 Å². The molecule has 2 heterocycles. The maximum Gasteiger partial charge on any atom is 0.144 e. The molecule has 3 heteroatoms. The molecule has 0 aliphatic carbocycles. The van der Waals surface area contributed by atoms with E-state index in [1.165, 1.54) is 74.7 Å². The molecule has 0 amide bonds. The highest BCUT2D eigenvalue weighted by Gasteiger charge is 2.19. The summed E-state index contributed by atoms with van der Waals surface area (Å²) in [6.45, 7) is 0. The number of furan rings is 1. The average Bonchev–Trinajstić information content (AvgIpc) is 3.93. The van der Waals surface area contributed by atoms with E-state index in [9.17, 15) is 0 Å². The number of para-hydroxylation sites is 1. The Hall–Kier alpha value is -7.98. The number of rotatable bonds is 6. The second kappa shape index (κ2) is 14.3. The third-order valence-corrected chi connectivity index (χ3v) is 14.0. The minimum absolute atomic E-state index is 0.933. The van der Waals surface area contributed by atoms with Crippen LogP contribution in [0, 0.1) is 0 Å². The number of hydrogen-bond acceptors (Lipinski definition) is 3. The Morgan fingerprint density at radius 2 is 0.873 bits per heavy atom. The first kappa shape index (κ1) is 35.7. The van der Waals surface area contributed by atoms with Crippen molar-refractivity contribution in [1.82, 2.24) is 0 Å². The molecule has 0 atom stereocenters. The Labute approximate surface area is 368 Å². The molecule has 2 aromatic heterocycles. The normalized spacial score (nSPS) is 11.8. The molecular weight excluding hydrogens is 783 g/mol. The minimum Gasteiger partial charge on any atom is -0.455 e. The van der Waals surface area contributed by atoms with E-state index in [0.29, 0.717) is 0 Å². The number of fused-ring (bicyclic) bond motifs is 11. The monoisotopic (exact) mass is 819 g/mol. The Morgan fingerprint density at radius 3 is 1.70 bits per heavy atom. The fraction of sp³-hybridized carbons (Fsp3) is 0. The van der Waals surface area contributed by atoms with Gasteiger partial charge in [0.05, 0.1) is 0 Å². The topological polar surface area (TPSA) is 16.4 Å². The highest BCUT2D eigenvalue weighted by molar-refractivity contribution is 7.26. The van der Waals surface area contributed by atoms with Crippen LogP contribution < -0.4 is 4.90 Å². The summed E-state index contributed by atoms with van der Waals surface area (Å²) in [6, 6.07) is 81.6. The van der Waals surface area contributed by atoms with Gasteiger partial charge in [-0.05, 0) is 121 Å². The van der Waals surface area contributed by atoms with Gasteiger partial charge >= 0.3 is 0 Å². The zero-order valence-corrected chi connectivity index (χ0v) is 34.9. The molecule has 0 fully saturated rings. The van der Waals surface area contributed by atoms with Crippen LogP contribution in [0.5, 0.6) is 0 Å². The fourth-order valence-electron chi connectivity index (χ4n) is 9.81. The fourth-order valence-corrected chi connectivity index (χ4v) is 10.9. The molecule has 0 spiro atoms. The Balaban J connectivity index is 0.900. The molecule has 0 unspecified atom stereocenters. The Morgan fingerprint density at radius 1 is 0.302 bits per heavy atom. The number of thiophene rings is 1. The van der Waals surface area contributed by atoms with Gasteiger partial charge in [0.2, 0.25) is 0 Å². The summed E-state index contributed by atoms with van der Waals surface area (Å²) in [5.74, 6) is 0. The molecule has 0 aliphatic rings. The van der Waals surface area contributed by atoms with Gasteiger partial charge in [-0.1, -0.05) is 164 Å². The van der Waals surface area contributed by atoms with Crippen molar-refractivity contribution >= 4 is 103 Å². The standard InChI is InChI=1S/C60H37NOS/c1-2-10-38(11-3-1)39-22-27-45(28-23-39)61(46-29-24-41(25-30-46)49-16-8-13-40-12-4-5-14-48(40)49)47-31-33-51-44(37-47)21-20-42-36-43(26-32-50(42)51)52-17-9-18-53-54-34-35-57-58(60(54)62-59(52)53)55-15-6-7-19-56(55)63-57/h1-37H. The van der Waals surface area contributed by atoms with E-state index in [1.54, 1.807) is 0 Å². The van der Waals surface area contributed by atoms with Crippen molar-refractivity contribution in [2.45, 2.75) is 0 Å². The summed E-state index contributed by atoms with van der Waals surface area (Å²) >= 11 is 1.83. The van der Waals surface area contributed by atoms with Gasteiger partial charge in [0, 0.05) is 53.6 Å². The zero-order valence-electron chi connectivity index (χ0n) is 34.1. The highest BCUT2D eigenvalue weighted by Crippen LogP contribution is 2.45. The first-order chi connectivity index (χ1) is 31.2. The van der Waals surface area contributed by atoms with Gasteiger partial charge in [-0.2, -0.15) is 0 Å². The first-order valence-corrected chi connectivity index (χ1v) is 22.3. The summed E-state index contributed by atoms with van der Waals surface area (Å²) in [5, 5.41) is 12.1. The average molecular weight is 820 g/mol. The summed E-state index contributed by atoms with van der Waals surface area (Å²) < 4.78 is 9.42. The largest absolute Gasteiger partial charge is 0.455 e. The number of benzene rings is 11. The smallest absolute Gasteiger partial charge is 0.144 e. The number of anilines is 3. The second-order valence-electron chi connectivity index (χ2n) is 16.4. The predicted molar refractivity (Wildman–Crippen MR) is 270 cm³/mol. The molecule has 0 saturated heterocycles. The molecule has 13 aromatic rings. The second-order valence-corrected chi connectivity index (χ2v) is 17.5. The predicted octanol–water partition coefficient (Wildman–Crippen LogP) is 17.9. The van der Waals surface area contributed by atoms with Gasteiger partial charge in [-0.3, -0.25) is 0 Å². The lowest BCUT2D eigenvalue weighted by atomic mass is 9.96. The third kappa shape index (κ3) is 5.85. The van der Waals surface area contributed by atoms with E-state index in [0.717, 1.165) is 50.1 Å². The van der Waals surface area contributed by atoms with Crippen LogP contribution in [0.15, 0.2) is 229 Å². The molecular formula is C60H37NOS. The van der Waals surface area contributed by atoms with Crippen molar-refractivity contribution in [3.8, 4) is 33.4 Å². The first-order valence-electron chi connectivity index (χ1n) is 21.5. The molecule has 0 aliphatic heterocycles. The van der Waals surface area contributed by atoms with Crippen LogP contribution in [-0.4, -0.2) is 0 Å². The van der Waals surface area contributed by atoms with E-state index in [4.69, 9.17) is 4.42 Å². The van der Waals surface area contributed by atoms with Crippen LogP contribution in [0.2, 0.25) is 0 Å². The lowest BCUT2D eigenvalue weighted by Gasteiger charge is -2.26. The lowest BCUT2D eigenvalue weighted by molar-refractivity contribution is 0.674. The van der Waals surface area contributed by atoms with Gasteiger partial charge < -0.3 is 9.32 Å². The molecule has 0 bridgehead atoms.